The summed E-state index contributed by atoms with van der Waals surface area (Å²) >= 11 is 0. The van der Waals surface area contributed by atoms with Gasteiger partial charge in [0, 0.05) is 39.5 Å². The second-order valence-corrected chi connectivity index (χ2v) is 7.26. The van der Waals surface area contributed by atoms with Gasteiger partial charge in [-0.05, 0) is 32.6 Å². The molecule has 1 atom stereocenters. The summed E-state index contributed by atoms with van der Waals surface area (Å²) in [6, 6.07) is 0.119. The monoisotopic (exact) mass is 350 g/mol. The molecule has 1 amide bonds. The number of alkyl halides is 2. The fraction of sp³-hybridized carbons (Fsp3) is 0.944. The second kappa shape index (κ2) is 10.3. The standard InChI is InChI=1S/C18H34F2N2O2.H2/c1-5-15(4)24-12-6-9-18(19,20)13-22-10-7-16(8-11-22)21-17(23)14(2)3;/h14-16H,5-13H2,1-4H3,(H,21,23);1H. The topological polar surface area (TPSA) is 41.6 Å². The van der Waals surface area contributed by atoms with Crippen molar-refractivity contribution in [3.63, 3.8) is 0 Å². The van der Waals surface area contributed by atoms with Crippen LogP contribution in [0.25, 0.3) is 0 Å². The van der Waals surface area contributed by atoms with Crippen LogP contribution in [0.3, 0.4) is 0 Å². The van der Waals surface area contributed by atoms with Gasteiger partial charge in [0.1, 0.15) is 0 Å². The number of piperidine rings is 1. The highest BCUT2D eigenvalue weighted by Crippen LogP contribution is 2.24. The lowest BCUT2D eigenvalue weighted by molar-refractivity contribution is -0.125. The molecule has 4 nitrogen and oxygen atoms in total. The average Bonchev–Trinajstić information content (AvgIpc) is 2.52. The lowest BCUT2D eigenvalue weighted by Gasteiger charge is -2.34. The third-order valence-electron chi connectivity index (χ3n) is 4.58. The smallest absolute Gasteiger partial charge is 0.260 e. The molecule has 6 heteroatoms. The molecule has 1 heterocycles. The number of carbonyl (C=O) groups is 1. The van der Waals surface area contributed by atoms with Crippen molar-refractivity contribution >= 4 is 5.91 Å². The van der Waals surface area contributed by atoms with Crippen LogP contribution in [0.1, 0.15) is 61.2 Å². The molecule has 1 rings (SSSR count). The summed E-state index contributed by atoms with van der Waals surface area (Å²) in [7, 11) is 0. The minimum atomic E-state index is -2.67. The number of nitrogens with zero attached hydrogens (tertiary/aromatic N) is 1. The van der Waals surface area contributed by atoms with Crippen LogP contribution >= 0.6 is 0 Å². The first-order valence-electron chi connectivity index (χ1n) is 9.25. The van der Waals surface area contributed by atoms with E-state index in [4.69, 9.17) is 4.74 Å². The van der Waals surface area contributed by atoms with Crippen molar-refractivity contribution in [2.75, 3.05) is 26.2 Å². The van der Waals surface area contributed by atoms with Gasteiger partial charge in [0.2, 0.25) is 5.91 Å². The van der Waals surface area contributed by atoms with E-state index in [0.29, 0.717) is 26.1 Å². The molecule has 1 aliphatic rings. The van der Waals surface area contributed by atoms with E-state index in [-0.39, 0.29) is 38.4 Å². The largest absolute Gasteiger partial charge is 0.379 e. The zero-order chi connectivity index (χ0) is 18.2. The maximum absolute atomic E-state index is 14.1. The summed E-state index contributed by atoms with van der Waals surface area (Å²) in [6.45, 7) is 9.12. The number of hydrogen-bond donors (Lipinski definition) is 1. The summed E-state index contributed by atoms with van der Waals surface area (Å²) in [5, 5.41) is 2.99. The molecule has 1 unspecified atom stereocenters. The Labute approximate surface area is 146 Å². The van der Waals surface area contributed by atoms with Gasteiger partial charge in [-0.15, -0.1) is 0 Å². The van der Waals surface area contributed by atoms with Crippen LogP contribution in [0.2, 0.25) is 0 Å². The Morgan fingerprint density at radius 1 is 1.33 bits per heavy atom. The van der Waals surface area contributed by atoms with Crippen molar-refractivity contribution in [2.45, 2.75) is 77.9 Å². The molecule has 1 fully saturated rings. The van der Waals surface area contributed by atoms with E-state index < -0.39 is 5.92 Å². The van der Waals surface area contributed by atoms with E-state index >= 15 is 0 Å². The van der Waals surface area contributed by atoms with Crippen molar-refractivity contribution in [1.82, 2.24) is 10.2 Å². The van der Waals surface area contributed by atoms with Crippen molar-refractivity contribution in [3.05, 3.63) is 0 Å². The Balaban J connectivity index is 0.00000576. The summed E-state index contributed by atoms with van der Waals surface area (Å²) < 4.78 is 33.6. The fourth-order valence-electron chi connectivity index (χ4n) is 2.74. The second-order valence-electron chi connectivity index (χ2n) is 7.26. The number of nitrogens with one attached hydrogen (secondary N) is 1. The summed E-state index contributed by atoms with van der Waals surface area (Å²) in [4.78, 5) is 13.5. The first-order chi connectivity index (χ1) is 11.2. The number of amides is 1. The first kappa shape index (κ1) is 21.3. The van der Waals surface area contributed by atoms with Crippen molar-refractivity contribution in [1.29, 1.82) is 0 Å². The highest BCUT2D eigenvalue weighted by Gasteiger charge is 2.33. The van der Waals surface area contributed by atoms with E-state index in [1.807, 2.05) is 32.6 Å². The lowest BCUT2D eigenvalue weighted by Crippen LogP contribution is -2.48. The summed E-state index contributed by atoms with van der Waals surface area (Å²) in [5.41, 5.74) is 0. The van der Waals surface area contributed by atoms with Crippen LogP contribution < -0.4 is 5.32 Å². The zero-order valence-corrected chi connectivity index (χ0v) is 15.6. The van der Waals surface area contributed by atoms with Gasteiger partial charge in [-0.25, -0.2) is 8.78 Å². The van der Waals surface area contributed by atoms with Crippen LogP contribution in [-0.4, -0.2) is 55.1 Å². The van der Waals surface area contributed by atoms with Crippen LogP contribution in [0.4, 0.5) is 8.78 Å². The number of ether oxygens (including phenoxy) is 1. The first-order valence-corrected chi connectivity index (χ1v) is 9.25. The van der Waals surface area contributed by atoms with Gasteiger partial charge in [0.15, 0.2) is 0 Å². The molecular weight excluding hydrogens is 314 g/mol. The van der Waals surface area contributed by atoms with Gasteiger partial charge >= 0.3 is 0 Å². The van der Waals surface area contributed by atoms with E-state index in [2.05, 4.69) is 5.32 Å². The quantitative estimate of drug-likeness (QED) is 0.611. The molecule has 0 radical (unpaired) electrons. The number of halogens is 2. The van der Waals surface area contributed by atoms with Crippen molar-refractivity contribution in [3.8, 4) is 0 Å². The Morgan fingerprint density at radius 3 is 2.50 bits per heavy atom. The third-order valence-corrected chi connectivity index (χ3v) is 4.58. The molecular formula is C18H36F2N2O2. The zero-order valence-electron chi connectivity index (χ0n) is 15.6. The molecule has 1 saturated heterocycles. The van der Waals surface area contributed by atoms with E-state index in [9.17, 15) is 13.6 Å². The number of likely N-dealkylation sites (tertiary alicyclic amines) is 1. The maximum atomic E-state index is 14.1. The van der Waals surface area contributed by atoms with E-state index in [1.54, 1.807) is 0 Å². The van der Waals surface area contributed by atoms with Gasteiger partial charge < -0.3 is 10.1 Å². The van der Waals surface area contributed by atoms with Gasteiger partial charge in [0.25, 0.3) is 5.92 Å². The van der Waals surface area contributed by atoms with Crippen LogP contribution in [0.5, 0.6) is 0 Å². The number of carbonyl (C=O) groups excluding carboxylic acids is 1. The summed E-state index contributed by atoms with van der Waals surface area (Å²) in [5.74, 6) is -2.67. The van der Waals surface area contributed by atoms with Crippen LogP contribution in [0, 0.1) is 5.92 Å². The summed E-state index contributed by atoms with van der Waals surface area (Å²) in [6.07, 6.45) is 2.78. The Bertz CT molecular complexity index is 376. The normalized spacial score (nSPS) is 18.8. The molecule has 0 aromatic heterocycles. The molecule has 0 aromatic rings. The van der Waals surface area contributed by atoms with Crippen LogP contribution in [0.15, 0.2) is 0 Å². The minimum Gasteiger partial charge on any atom is -0.379 e. The predicted octanol–water partition coefficient (Wildman–Crippen LogP) is 3.70. The fourth-order valence-corrected chi connectivity index (χ4v) is 2.74. The third kappa shape index (κ3) is 8.38. The Hall–Kier alpha value is -0.750. The molecule has 0 saturated carbocycles. The molecule has 0 aromatic carbocycles. The molecule has 0 bridgehead atoms. The van der Waals surface area contributed by atoms with Gasteiger partial charge in [-0.3, -0.25) is 9.69 Å². The molecule has 0 aliphatic carbocycles. The highest BCUT2D eigenvalue weighted by molar-refractivity contribution is 5.78. The maximum Gasteiger partial charge on any atom is 0.260 e. The minimum absolute atomic E-state index is 0. The van der Waals surface area contributed by atoms with E-state index in [1.165, 1.54) is 0 Å². The Morgan fingerprint density at radius 2 is 1.96 bits per heavy atom. The SMILES string of the molecule is CCC(C)OCCCC(F)(F)CN1CCC(NC(=O)C(C)C)CC1.[HH]. The van der Waals surface area contributed by atoms with Crippen molar-refractivity contribution < 1.29 is 19.7 Å². The molecule has 1 aliphatic heterocycles. The average molecular weight is 350 g/mol. The Kier molecular flexibility index (Phi) is 9.13. The van der Waals surface area contributed by atoms with E-state index in [0.717, 1.165) is 19.3 Å². The molecule has 24 heavy (non-hydrogen) atoms. The van der Waals surface area contributed by atoms with Crippen molar-refractivity contribution in [2.24, 2.45) is 5.92 Å². The van der Waals surface area contributed by atoms with Gasteiger partial charge in [-0.1, -0.05) is 20.8 Å². The number of rotatable bonds is 10. The molecule has 1 N–H and O–H groups in total. The molecule has 0 spiro atoms. The highest BCUT2D eigenvalue weighted by atomic mass is 19.3. The predicted molar refractivity (Wildman–Crippen MR) is 94.4 cm³/mol. The van der Waals surface area contributed by atoms with Crippen LogP contribution in [-0.2, 0) is 9.53 Å². The number of hydrogen-bond acceptors (Lipinski definition) is 3. The lowest BCUT2D eigenvalue weighted by atomic mass is 10.0. The van der Waals surface area contributed by atoms with Gasteiger partial charge in [-0.2, -0.15) is 0 Å². The van der Waals surface area contributed by atoms with Gasteiger partial charge in [0.05, 0.1) is 12.6 Å². The molecule has 144 valence electrons.